The van der Waals surface area contributed by atoms with Crippen molar-refractivity contribution in [3.8, 4) is 0 Å². The molecule has 24 heavy (non-hydrogen) atoms. The standard InChI is InChI=1S/C17H19N3O3S/c1-9-5-12(4)16(7-10(9)2)24(22,23)20-13-8-15-14(6-11(13)3)18-17(21)19-15/h5-8,20H,1-4H3,(H2,18,19,21). The average Bonchev–Trinajstić information content (AvgIpc) is 2.81. The first-order valence-electron chi connectivity index (χ1n) is 7.51. The van der Waals surface area contributed by atoms with Crippen LogP contribution in [0.3, 0.4) is 0 Å². The number of anilines is 1. The van der Waals surface area contributed by atoms with Crippen LogP contribution in [0.4, 0.5) is 5.69 Å². The van der Waals surface area contributed by atoms with Gasteiger partial charge in [0.05, 0.1) is 21.6 Å². The summed E-state index contributed by atoms with van der Waals surface area (Å²) >= 11 is 0. The summed E-state index contributed by atoms with van der Waals surface area (Å²) in [5.74, 6) is 0. The normalized spacial score (nSPS) is 11.8. The molecule has 0 atom stereocenters. The third-order valence-corrected chi connectivity index (χ3v) is 5.69. The van der Waals surface area contributed by atoms with Crippen LogP contribution in [0.2, 0.25) is 0 Å². The molecule has 6 nitrogen and oxygen atoms in total. The van der Waals surface area contributed by atoms with E-state index in [1.807, 2.05) is 19.9 Å². The summed E-state index contributed by atoms with van der Waals surface area (Å²) in [6.07, 6.45) is 0. The van der Waals surface area contributed by atoms with Crippen molar-refractivity contribution in [3.05, 3.63) is 57.0 Å². The Morgan fingerprint density at radius 2 is 1.38 bits per heavy atom. The first-order valence-corrected chi connectivity index (χ1v) is 8.99. The summed E-state index contributed by atoms with van der Waals surface area (Å²) in [5, 5.41) is 0. The van der Waals surface area contributed by atoms with Gasteiger partial charge in [0.1, 0.15) is 0 Å². The molecule has 0 aliphatic rings. The highest BCUT2D eigenvalue weighted by Gasteiger charge is 2.19. The maximum atomic E-state index is 12.8. The number of hydrogen-bond acceptors (Lipinski definition) is 3. The molecule has 3 rings (SSSR count). The molecule has 3 aromatic rings. The first-order chi connectivity index (χ1) is 11.2. The second kappa shape index (κ2) is 5.52. The van der Waals surface area contributed by atoms with Crippen LogP contribution in [0.5, 0.6) is 0 Å². The van der Waals surface area contributed by atoms with Gasteiger partial charge in [-0.1, -0.05) is 6.07 Å². The van der Waals surface area contributed by atoms with Crippen molar-refractivity contribution in [3.63, 3.8) is 0 Å². The van der Waals surface area contributed by atoms with Crippen molar-refractivity contribution in [2.75, 3.05) is 4.72 Å². The first kappa shape index (κ1) is 16.3. The van der Waals surface area contributed by atoms with Gasteiger partial charge in [0.2, 0.25) is 0 Å². The number of imidazole rings is 1. The molecule has 0 aliphatic heterocycles. The molecule has 0 saturated carbocycles. The number of benzene rings is 2. The van der Waals surface area contributed by atoms with Crippen molar-refractivity contribution in [2.45, 2.75) is 32.6 Å². The van der Waals surface area contributed by atoms with E-state index >= 15 is 0 Å². The zero-order chi connectivity index (χ0) is 17.6. The molecule has 1 aromatic heterocycles. The zero-order valence-electron chi connectivity index (χ0n) is 13.9. The fraction of sp³-hybridized carbons (Fsp3) is 0.235. The Bertz CT molecular complexity index is 1110. The fourth-order valence-electron chi connectivity index (χ4n) is 2.72. The van der Waals surface area contributed by atoms with Crippen LogP contribution in [-0.4, -0.2) is 18.4 Å². The van der Waals surface area contributed by atoms with Gasteiger partial charge in [-0.2, -0.15) is 0 Å². The molecule has 1 heterocycles. The molecule has 3 N–H and O–H groups in total. The van der Waals surface area contributed by atoms with Gasteiger partial charge in [-0.25, -0.2) is 13.2 Å². The van der Waals surface area contributed by atoms with Gasteiger partial charge in [-0.15, -0.1) is 0 Å². The van der Waals surface area contributed by atoms with E-state index in [2.05, 4.69) is 14.7 Å². The number of rotatable bonds is 3. The summed E-state index contributed by atoms with van der Waals surface area (Å²) < 4.78 is 28.2. The Balaban J connectivity index is 2.08. The maximum Gasteiger partial charge on any atom is 0.323 e. The number of H-pyrrole nitrogens is 2. The van der Waals surface area contributed by atoms with Crippen LogP contribution < -0.4 is 10.4 Å². The number of nitrogens with one attached hydrogen (secondary N) is 3. The van der Waals surface area contributed by atoms with Crippen molar-refractivity contribution >= 4 is 26.7 Å². The van der Waals surface area contributed by atoms with Crippen LogP contribution >= 0.6 is 0 Å². The van der Waals surface area contributed by atoms with Crippen LogP contribution in [0.15, 0.2) is 34.0 Å². The van der Waals surface area contributed by atoms with Crippen LogP contribution in [0, 0.1) is 27.7 Å². The van der Waals surface area contributed by atoms with Gasteiger partial charge in [-0.3, -0.25) is 4.72 Å². The van der Waals surface area contributed by atoms with Gasteiger partial charge >= 0.3 is 5.69 Å². The van der Waals surface area contributed by atoms with Crippen LogP contribution in [-0.2, 0) is 10.0 Å². The summed E-state index contributed by atoms with van der Waals surface area (Å²) in [6.45, 7) is 7.40. The molecular weight excluding hydrogens is 326 g/mol. The number of aryl methyl sites for hydroxylation is 4. The van der Waals surface area contributed by atoms with Gasteiger partial charge in [0.25, 0.3) is 10.0 Å². The van der Waals surface area contributed by atoms with Gasteiger partial charge in [0.15, 0.2) is 0 Å². The third kappa shape index (κ3) is 2.82. The highest BCUT2D eigenvalue weighted by molar-refractivity contribution is 7.92. The average molecular weight is 345 g/mol. The smallest absolute Gasteiger partial charge is 0.306 e. The number of hydrogen-bond donors (Lipinski definition) is 3. The molecule has 0 unspecified atom stereocenters. The molecule has 126 valence electrons. The molecule has 0 radical (unpaired) electrons. The second-order valence-corrected chi connectivity index (χ2v) is 7.75. The Morgan fingerprint density at radius 3 is 2.04 bits per heavy atom. The Labute approximate surface area is 140 Å². The van der Waals surface area contributed by atoms with E-state index in [9.17, 15) is 13.2 Å². The molecule has 0 amide bonds. The second-order valence-electron chi connectivity index (χ2n) is 6.10. The number of sulfonamides is 1. The summed E-state index contributed by atoms with van der Waals surface area (Å²) in [4.78, 5) is 16.9. The minimum Gasteiger partial charge on any atom is -0.306 e. The molecular formula is C17H19N3O3S. The minimum absolute atomic E-state index is 0.257. The lowest BCUT2D eigenvalue weighted by atomic mass is 10.1. The van der Waals surface area contributed by atoms with Crippen molar-refractivity contribution in [1.29, 1.82) is 0 Å². The van der Waals surface area contributed by atoms with Crippen molar-refractivity contribution in [1.82, 2.24) is 9.97 Å². The highest BCUT2D eigenvalue weighted by Crippen LogP contribution is 2.26. The Morgan fingerprint density at radius 1 is 0.792 bits per heavy atom. The SMILES string of the molecule is Cc1cc(C)c(S(=O)(=O)Nc2cc3[nH]c(=O)[nH]c3cc2C)cc1C. The van der Waals surface area contributed by atoms with Crippen LogP contribution in [0.1, 0.15) is 22.3 Å². The lowest BCUT2D eigenvalue weighted by Crippen LogP contribution is -2.15. The van der Waals surface area contributed by atoms with Crippen LogP contribution in [0.25, 0.3) is 11.0 Å². The summed E-state index contributed by atoms with van der Waals surface area (Å²) in [5.41, 5.74) is 4.70. The molecule has 7 heteroatoms. The summed E-state index contributed by atoms with van der Waals surface area (Å²) in [7, 11) is -3.72. The van der Waals surface area contributed by atoms with E-state index in [0.717, 1.165) is 16.7 Å². The maximum absolute atomic E-state index is 12.8. The molecule has 2 aromatic carbocycles. The fourth-order valence-corrected chi connectivity index (χ4v) is 4.16. The van der Waals surface area contributed by atoms with Gasteiger partial charge < -0.3 is 9.97 Å². The van der Waals surface area contributed by atoms with E-state index in [1.165, 1.54) is 0 Å². The van der Waals surface area contributed by atoms with E-state index in [1.54, 1.807) is 32.0 Å². The Kier molecular flexibility index (Phi) is 3.76. The zero-order valence-corrected chi connectivity index (χ0v) is 14.8. The molecule has 0 saturated heterocycles. The van der Waals surface area contributed by atoms with Crippen molar-refractivity contribution in [2.24, 2.45) is 0 Å². The molecule has 0 spiro atoms. The van der Waals surface area contributed by atoms with E-state index in [-0.39, 0.29) is 10.6 Å². The minimum atomic E-state index is -3.72. The molecule has 0 bridgehead atoms. The lowest BCUT2D eigenvalue weighted by molar-refractivity contribution is 0.600. The predicted octanol–water partition coefficient (Wildman–Crippen LogP) is 2.89. The highest BCUT2D eigenvalue weighted by atomic mass is 32.2. The van der Waals surface area contributed by atoms with Crippen molar-refractivity contribution < 1.29 is 8.42 Å². The number of fused-ring (bicyclic) bond motifs is 1. The molecule has 0 aliphatic carbocycles. The third-order valence-electron chi connectivity index (χ3n) is 4.19. The Hall–Kier alpha value is -2.54. The lowest BCUT2D eigenvalue weighted by Gasteiger charge is -2.14. The van der Waals surface area contributed by atoms with Gasteiger partial charge in [0, 0.05) is 0 Å². The monoisotopic (exact) mass is 345 g/mol. The summed E-state index contributed by atoms with van der Waals surface area (Å²) in [6, 6.07) is 6.90. The van der Waals surface area contributed by atoms with E-state index in [4.69, 9.17) is 0 Å². The predicted molar refractivity (Wildman–Crippen MR) is 95.1 cm³/mol. The topological polar surface area (TPSA) is 94.8 Å². The molecule has 0 fully saturated rings. The number of aromatic nitrogens is 2. The number of aromatic amines is 2. The van der Waals surface area contributed by atoms with E-state index < -0.39 is 10.0 Å². The quantitative estimate of drug-likeness (QED) is 0.681. The largest absolute Gasteiger partial charge is 0.323 e. The van der Waals surface area contributed by atoms with Gasteiger partial charge in [-0.05, 0) is 68.1 Å². The van der Waals surface area contributed by atoms with E-state index in [0.29, 0.717) is 22.3 Å².